The van der Waals surface area contributed by atoms with Crippen LogP contribution in [-0.4, -0.2) is 62.3 Å². The zero-order valence-electron chi connectivity index (χ0n) is 27.0. The largest absolute Gasteiger partial charge is 0.391 e. The molecule has 0 aliphatic heterocycles. The van der Waals surface area contributed by atoms with Gasteiger partial charge < -0.3 is 25.8 Å². The van der Waals surface area contributed by atoms with Gasteiger partial charge in [-0.25, -0.2) is 0 Å². The number of rotatable bonds is 18. The van der Waals surface area contributed by atoms with Gasteiger partial charge in [0.05, 0.1) is 18.6 Å². The highest BCUT2D eigenvalue weighted by molar-refractivity contribution is 5.86. The van der Waals surface area contributed by atoms with Gasteiger partial charge in [0.1, 0.15) is 0 Å². The van der Waals surface area contributed by atoms with Gasteiger partial charge in [-0.15, -0.1) is 0 Å². The molecule has 4 N–H and O–H groups in total. The van der Waals surface area contributed by atoms with E-state index in [2.05, 4.69) is 36.7 Å². The highest BCUT2D eigenvalue weighted by Crippen LogP contribution is 2.22. The molecule has 1 aromatic carbocycles. The van der Waals surface area contributed by atoms with Crippen molar-refractivity contribution in [1.29, 1.82) is 0 Å². The van der Waals surface area contributed by atoms with Gasteiger partial charge in [0.15, 0.2) is 0 Å². The second-order valence-corrected chi connectivity index (χ2v) is 12.2. The highest BCUT2D eigenvalue weighted by Gasteiger charge is 2.24. The number of hydrogen-bond donors (Lipinski definition) is 4. The summed E-state index contributed by atoms with van der Waals surface area (Å²) in [5.74, 6) is 0.0124. The summed E-state index contributed by atoms with van der Waals surface area (Å²) in [6.45, 7) is 9.64. The first-order chi connectivity index (χ1) is 20.2. The molecule has 8 nitrogen and oxygen atoms in total. The summed E-state index contributed by atoms with van der Waals surface area (Å²) in [6, 6.07) is 9.84. The summed E-state index contributed by atoms with van der Waals surface area (Å²) >= 11 is 0. The monoisotopic (exact) mass is 589 g/mol. The first-order valence-electron chi connectivity index (χ1n) is 16.2. The van der Waals surface area contributed by atoms with Crippen LogP contribution in [0.5, 0.6) is 0 Å². The Morgan fingerprint density at radius 1 is 0.905 bits per heavy atom. The zero-order valence-corrected chi connectivity index (χ0v) is 27.0. The van der Waals surface area contributed by atoms with E-state index in [0.29, 0.717) is 44.8 Å². The smallest absolute Gasteiger partial charge is 0.224 e. The van der Waals surface area contributed by atoms with Crippen LogP contribution in [-0.2, 0) is 25.5 Å². The predicted octanol–water partition coefficient (Wildman–Crippen LogP) is 5.03. The number of nitrogens with one attached hydrogen (secondary N) is 3. The number of ether oxygens (including phenoxy) is 1. The molecule has 8 heteroatoms. The van der Waals surface area contributed by atoms with Gasteiger partial charge in [-0.3, -0.25) is 14.4 Å². The number of hydrogen-bond acceptors (Lipinski definition) is 5. The van der Waals surface area contributed by atoms with Crippen molar-refractivity contribution in [3.63, 3.8) is 0 Å². The number of methoxy groups -OCH3 is 1. The molecule has 42 heavy (non-hydrogen) atoms. The van der Waals surface area contributed by atoms with Gasteiger partial charge in [-0.2, -0.15) is 0 Å². The van der Waals surface area contributed by atoms with Gasteiger partial charge in [0.25, 0.3) is 0 Å². The van der Waals surface area contributed by atoms with Crippen LogP contribution in [0, 0.1) is 23.7 Å². The minimum Gasteiger partial charge on any atom is -0.391 e. The summed E-state index contributed by atoms with van der Waals surface area (Å²) < 4.78 is 4.96. The van der Waals surface area contributed by atoms with Crippen LogP contribution in [0.1, 0.15) is 97.5 Å². The molecule has 240 valence electrons. The third-order valence-corrected chi connectivity index (χ3v) is 7.92. The van der Waals surface area contributed by atoms with Gasteiger partial charge in [0, 0.05) is 39.1 Å². The predicted molar refractivity (Wildman–Crippen MR) is 170 cm³/mol. The molecule has 0 saturated heterocycles. The van der Waals surface area contributed by atoms with E-state index < -0.39 is 17.9 Å². The van der Waals surface area contributed by atoms with Crippen LogP contribution in [0.4, 0.5) is 0 Å². The first-order valence-corrected chi connectivity index (χ1v) is 16.2. The summed E-state index contributed by atoms with van der Waals surface area (Å²) in [4.78, 5) is 37.9. The number of aryl methyl sites for hydroxylation is 1. The van der Waals surface area contributed by atoms with Gasteiger partial charge in [-0.1, -0.05) is 90.1 Å². The maximum absolute atomic E-state index is 13.0. The molecule has 0 radical (unpaired) electrons. The van der Waals surface area contributed by atoms with Crippen LogP contribution in [0.15, 0.2) is 30.3 Å². The number of aliphatic hydroxyl groups is 1. The topological polar surface area (TPSA) is 117 Å². The maximum atomic E-state index is 13.0. The third kappa shape index (κ3) is 18.2. The number of aliphatic hydroxyl groups excluding tert-OH is 1. The van der Waals surface area contributed by atoms with Crippen LogP contribution in [0.25, 0.3) is 0 Å². The van der Waals surface area contributed by atoms with Crippen molar-refractivity contribution in [1.82, 2.24) is 16.0 Å². The fourth-order valence-electron chi connectivity index (χ4n) is 4.99. The van der Waals surface area contributed by atoms with E-state index in [1.54, 1.807) is 7.11 Å². The molecule has 2 unspecified atom stereocenters. The Morgan fingerprint density at radius 3 is 2.12 bits per heavy atom. The molecular weight excluding hydrogens is 530 g/mol. The highest BCUT2D eigenvalue weighted by atomic mass is 16.5. The lowest BCUT2D eigenvalue weighted by atomic mass is 9.91. The van der Waals surface area contributed by atoms with Crippen molar-refractivity contribution in [3.05, 3.63) is 35.9 Å². The van der Waals surface area contributed by atoms with Crippen LogP contribution < -0.4 is 16.0 Å². The summed E-state index contributed by atoms with van der Waals surface area (Å²) in [6.07, 6.45) is 10.2. The van der Waals surface area contributed by atoms with Crippen molar-refractivity contribution >= 4 is 17.7 Å². The molecule has 1 fully saturated rings. The summed E-state index contributed by atoms with van der Waals surface area (Å²) in [5.41, 5.74) is 1.10. The number of amides is 3. The van der Waals surface area contributed by atoms with Crippen molar-refractivity contribution in [3.8, 4) is 0 Å². The van der Waals surface area contributed by atoms with Gasteiger partial charge in [-0.05, 0) is 49.5 Å². The average Bonchev–Trinajstić information content (AvgIpc) is 2.98. The van der Waals surface area contributed by atoms with E-state index in [1.807, 2.05) is 37.3 Å². The Balaban J connectivity index is 0.00000109. The number of carbonyl (C=O) groups excluding carboxylic acids is 3. The van der Waals surface area contributed by atoms with Crippen molar-refractivity contribution in [2.45, 2.75) is 104 Å². The van der Waals surface area contributed by atoms with Crippen LogP contribution >= 0.6 is 0 Å². The molecule has 0 heterocycles. The molecule has 0 spiro atoms. The maximum Gasteiger partial charge on any atom is 0.224 e. The Hall–Kier alpha value is -2.45. The molecule has 1 saturated carbocycles. The van der Waals surface area contributed by atoms with Crippen molar-refractivity contribution < 1.29 is 24.2 Å². The van der Waals surface area contributed by atoms with Crippen LogP contribution in [0.3, 0.4) is 0 Å². The quantitative estimate of drug-likeness (QED) is 0.179. The molecule has 3 amide bonds. The molecular formula is C34H59N3O5. The molecule has 0 bridgehead atoms. The minimum atomic E-state index is -0.576. The molecule has 3 atom stereocenters. The normalized spacial score (nSPS) is 15.6. The van der Waals surface area contributed by atoms with E-state index in [4.69, 9.17) is 4.74 Å². The second-order valence-electron chi connectivity index (χ2n) is 12.2. The molecule has 1 aliphatic carbocycles. The van der Waals surface area contributed by atoms with E-state index in [1.165, 1.54) is 32.1 Å². The fourth-order valence-corrected chi connectivity index (χ4v) is 4.99. The van der Waals surface area contributed by atoms with Crippen LogP contribution in [0.2, 0.25) is 0 Å². The minimum absolute atomic E-state index is 0.0768. The van der Waals surface area contributed by atoms with E-state index in [0.717, 1.165) is 17.9 Å². The van der Waals surface area contributed by atoms with E-state index in [-0.39, 0.29) is 37.2 Å². The van der Waals surface area contributed by atoms with E-state index in [9.17, 15) is 19.5 Å². The Kier molecular flexibility index (Phi) is 20.6. The molecule has 1 aliphatic rings. The number of carbonyl (C=O) groups is 3. The zero-order chi connectivity index (χ0) is 31.2. The second kappa shape index (κ2) is 23.1. The third-order valence-electron chi connectivity index (χ3n) is 7.92. The van der Waals surface area contributed by atoms with Crippen molar-refractivity contribution in [2.24, 2.45) is 23.7 Å². The number of benzene rings is 1. The fraction of sp³-hybridized carbons (Fsp3) is 0.735. The lowest BCUT2D eigenvalue weighted by molar-refractivity contribution is -0.131. The van der Waals surface area contributed by atoms with Crippen molar-refractivity contribution in [2.75, 3.05) is 33.4 Å². The van der Waals surface area contributed by atoms with E-state index >= 15 is 0 Å². The summed E-state index contributed by atoms with van der Waals surface area (Å²) in [7, 11) is 1.56. The SMILES string of the molecule is CC1CCCCC1.CCC(CNC(=O)[C@H](CCc1ccccc1)CC(=O)NCCOC)C(=O)NCC(O)CCC(C)C. The van der Waals surface area contributed by atoms with Gasteiger partial charge >= 0.3 is 0 Å². The first kappa shape index (κ1) is 37.6. The molecule has 1 aromatic rings. The van der Waals surface area contributed by atoms with Gasteiger partial charge in [0.2, 0.25) is 17.7 Å². The Bertz CT molecular complexity index is 858. The standard InChI is InChI=1S/C27H45N3O5.C7H14/c1-5-22(26(33)30-19-24(31)14-11-20(2)3)18-29-27(34)23(17-25(32)28-15-16-35-4)13-12-21-9-7-6-8-10-21;1-7-5-3-2-4-6-7/h6-10,20,22-24,31H,5,11-19H2,1-4H3,(H,28,32)(H,29,34)(H,30,33);7H,2-6H2,1H3/t22?,23-,24?;/m1./s1. The molecule has 2 rings (SSSR count). The summed E-state index contributed by atoms with van der Waals surface area (Å²) in [5, 5.41) is 18.5. The average molecular weight is 590 g/mol. The lowest BCUT2D eigenvalue weighted by Gasteiger charge is -2.21. The Labute approximate surface area is 255 Å². The Morgan fingerprint density at radius 2 is 1.55 bits per heavy atom. The molecule has 0 aromatic heterocycles. The lowest BCUT2D eigenvalue weighted by Crippen LogP contribution is -2.43.